The second kappa shape index (κ2) is 5.08. The van der Waals surface area contributed by atoms with Crippen LogP contribution in [0.4, 0.5) is 0 Å². The van der Waals surface area contributed by atoms with Crippen molar-refractivity contribution >= 4 is 11.6 Å². The van der Waals surface area contributed by atoms with Crippen molar-refractivity contribution in [2.75, 3.05) is 13.7 Å². The van der Waals surface area contributed by atoms with Crippen molar-refractivity contribution < 1.29 is 9.47 Å². The molecule has 1 rings (SSSR count). The maximum Gasteiger partial charge on any atom is 0.179 e. The first-order valence-corrected chi connectivity index (χ1v) is 4.80. The molecular weight excluding hydrogens is 202 g/mol. The lowest BCUT2D eigenvalue weighted by Crippen LogP contribution is -2.00. The van der Waals surface area contributed by atoms with Gasteiger partial charge in [-0.15, -0.1) is 0 Å². The molecule has 0 aliphatic rings. The Labute approximate surface area is 88.8 Å². The number of hydrogen-bond donors (Lipinski definition) is 1. The van der Waals surface area contributed by atoms with Gasteiger partial charge >= 0.3 is 0 Å². The van der Waals surface area contributed by atoms with E-state index in [4.69, 9.17) is 26.8 Å². The van der Waals surface area contributed by atoms with Crippen molar-refractivity contribution in [1.82, 2.24) is 0 Å². The fourth-order valence-corrected chi connectivity index (χ4v) is 1.51. The molecule has 0 saturated heterocycles. The lowest BCUT2D eigenvalue weighted by molar-refractivity contribution is 0.310. The van der Waals surface area contributed by atoms with Crippen molar-refractivity contribution in [1.29, 1.82) is 0 Å². The molecule has 4 heteroatoms. The van der Waals surface area contributed by atoms with Crippen LogP contribution in [0.1, 0.15) is 12.5 Å². The Morgan fingerprint density at radius 2 is 2.14 bits per heavy atom. The maximum absolute atomic E-state index is 5.99. The number of hydrogen-bond acceptors (Lipinski definition) is 3. The molecule has 2 N–H and O–H groups in total. The van der Waals surface area contributed by atoms with Crippen molar-refractivity contribution in [3.8, 4) is 11.5 Å². The lowest BCUT2D eigenvalue weighted by atomic mass is 10.2. The normalized spacial score (nSPS) is 10.0. The van der Waals surface area contributed by atoms with Crippen LogP contribution in [0.5, 0.6) is 11.5 Å². The maximum atomic E-state index is 5.99. The fraction of sp³-hybridized carbons (Fsp3) is 0.400. The lowest BCUT2D eigenvalue weighted by Gasteiger charge is -2.12. The smallest absolute Gasteiger partial charge is 0.179 e. The summed E-state index contributed by atoms with van der Waals surface area (Å²) in [7, 11) is 1.56. The van der Waals surface area contributed by atoms with E-state index in [-0.39, 0.29) is 0 Å². The number of halogens is 1. The van der Waals surface area contributed by atoms with Crippen molar-refractivity contribution in [2.24, 2.45) is 5.73 Å². The SMILES string of the molecule is CCOc1cc(CN)cc(Cl)c1OC. The molecule has 78 valence electrons. The van der Waals surface area contributed by atoms with Gasteiger partial charge in [-0.2, -0.15) is 0 Å². The molecule has 14 heavy (non-hydrogen) atoms. The van der Waals surface area contributed by atoms with Gasteiger partial charge in [0.2, 0.25) is 0 Å². The van der Waals surface area contributed by atoms with Crippen LogP contribution in [0.25, 0.3) is 0 Å². The Hall–Kier alpha value is -0.930. The third kappa shape index (κ3) is 2.30. The van der Waals surface area contributed by atoms with E-state index in [2.05, 4.69) is 0 Å². The molecule has 3 nitrogen and oxygen atoms in total. The van der Waals surface area contributed by atoms with Crippen LogP contribution in [0.3, 0.4) is 0 Å². The molecule has 0 bridgehead atoms. The second-order valence-corrected chi connectivity index (χ2v) is 3.15. The van der Waals surface area contributed by atoms with E-state index in [1.165, 1.54) is 0 Å². The third-order valence-electron chi connectivity index (χ3n) is 1.81. The predicted octanol–water partition coefficient (Wildman–Crippen LogP) is 2.21. The number of rotatable bonds is 4. The summed E-state index contributed by atoms with van der Waals surface area (Å²) in [5.41, 5.74) is 6.45. The highest BCUT2D eigenvalue weighted by atomic mass is 35.5. The zero-order valence-electron chi connectivity index (χ0n) is 8.34. The molecule has 0 aliphatic carbocycles. The molecule has 0 saturated carbocycles. The van der Waals surface area contributed by atoms with Gasteiger partial charge in [-0.3, -0.25) is 0 Å². The van der Waals surface area contributed by atoms with Gasteiger partial charge in [-0.1, -0.05) is 11.6 Å². The van der Waals surface area contributed by atoms with Crippen LogP contribution in [0, 0.1) is 0 Å². The standard InChI is InChI=1S/C10H14ClNO2/c1-3-14-9-5-7(6-12)4-8(11)10(9)13-2/h4-5H,3,6,12H2,1-2H3. The Balaban J connectivity index is 3.13. The highest BCUT2D eigenvalue weighted by Gasteiger charge is 2.10. The monoisotopic (exact) mass is 215 g/mol. The average Bonchev–Trinajstić information content (AvgIpc) is 2.18. The molecule has 0 aromatic heterocycles. The topological polar surface area (TPSA) is 44.5 Å². The Morgan fingerprint density at radius 1 is 1.43 bits per heavy atom. The van der Waals surface area contributed by atoms with E-state index in [0.29, 0.717) is 29.7 Å². The Bertz CT molecular complexity index is 315. The van der Waals surface area contributed by atoms with Gasteiger partial charge in [0.1, 0.15) is 0 Å². The minimum Gasteiger partial charge on any atom is -0.491 e. The minimum absolute atomic E-state index is 0.434. The van der Waals surface area contributed by atoms with Crippen LogP contribution in [0.15, 0.2) is 12.1 Å². The summed E-state index contributed by atoms with van der Waals surface area (Å²) in [4.78, 5) is 0. The van der Waals surface area contributed by atoms with Crippen LogP contribution in [-0.2, 0) is 6.54 Å². The van der Waals surface area contributed by atoms with Crippen LogP contribution < -0.4 is 15.2 Å². The molecular formula is C10H14ClNO2. The highest BCUT2D eigenvalue weighted by molar-refractivity contribution is 6.32. The average molecular weight is 216 g/mol. The summed E-state index contributed by atoms with van der Waals surface area (Å²) in [5, 5.41) is 0.527. The number of nitrogens with two attached hydrogens (primary N) is 1. The molecule has 0 radical (unpaired) electrons. The van der Waals surface area contributed by atoms with Crippen molar-refractivity contribution in [3.05, 3.63) is 22.7 Å². The van der Waals surface area contributed by atoms with Gasteiger partial charge in [0.15, 0.2) is 11.5 Å². The summed E-state index contributed by atoms with van der Waals surface area (Å²) in [6, 6.07) is 3.62. The second-order valence-electron chi connectivity index (χ2n) is 2.75. The van der Waals surface area contributed by atoms with Crippen LogP contribution in [0.2, 0.25) is 5.02 Å². The van der Waals surface area contributed by atoms with Gasteiger partial charge < -0.3 is 15.2 Å². The van der Waals surface area contributed by atoms with E-state index in [9.17, 15) is 0 Å². The Kier molecular flexibility index (Phi) is 4.04. The minimum atomic E-state index is 0.434. The van der Waals surface area contributed by atoms with E-state index < -0.39 is 0 Å². The van der Waals surface area contributed by atoms with E-state index in [0.717, 1.165) is 5.56 Å². The van der Waals surface area contributed by atoms with Gasteiger partial charge in [-0.25, -0.2) is 0 Å². The zero-order chi connectivity index (χ0) is 10.6. The number of benzene rings is 1. The first-order valence-electron chi connectivity index (χ1n) is 4.42. The summed E-state index contributed by atoms with van der Waals surface area (Å²) in [6.07, 6.45) is 0. The fourth-order valence-electron chi connectivity index (χ4n) is 1.20. The summed E-state index contributed by atoms with van der Waals surface area (Å²) >= 11 is 5.99. The van der Waals surface area contributed by atoms with Gasteiger partial charge in [0.05, 0.1) is 18.7 Å². The molecule has 0 spiro atoms. The molecule has 0 atom stereocenters. The summed E-state index contributed by atoms with van der Waals surface area (Å²) in [5.74, 6) is 1.20. The van der Waals surface area contributed by atoms with Crippen molar-refractivity contribution in [3.63, 3.8) is 0 Å². The predicted molar refractivity (Wildman–Crippen MR) is 57.1 cm³/mol. The number of methoxy groups -OCH3 is 1. The van der Waals surface area contributed by atoms with Crippen molar-refractivity contribution in [2.45, 2.75) is 13.5 Å². The largest absolute Gasteiger partial charge is 0.491 e. The Morgan fingerprint density at radius 3 is 2.64 bits per heavy atom. The van der Waals surface area contributed by atoms with Gasteiger partial charge in [0.25, 0.3) is 0 Å². The molecule has 0 amide bonds. The van der Waals surface area contributed by atoms with Crippen LogP contribution >= 0.6 is 11.6 Å². The molecule has 1 aromatic rings. The molecule has 0 aliphatic heterocycles. The molecule has 0 unspecified atom stereocenters. The van der Waals surface area contributed by atoms with E-state index in [1.807, 2.05) is 13.0 Å². The first kappa shape index (κ1) is 11.1. The third-order valence-corrected chi connectivity index (χ3v) is 2.09. The zero-order valence-corrected chi connectivity index (χ0v) is 9.10. The number of ether oxygens (including phenoxy) is 2. The quantitative estimate of drug-likeness (QED) is 0.838. The first-order chi connectivity index (χ1) is 6.72. The van der Waals surface area contributed by atoms with Crippen LogP contribution in [-0.4, -0.2) is 13.7 Å². The molecule has 0 heterocycles. The molecule has 0 fully saturated rings. The van der Waals surface area contributed by atoms with Gasteiger partial charge in [-0.05, 0) is 24.6 Å². The van der Waals surface area contributed by atoms with Gasteiger partial charge in [0, 0.05) is 6.54 Å². The summed E-state index contributed by atoms with van der Waals surface area (Å²) in [6.45, 7) is 2.91. The highest BCUT2D eigenvalue weighted by Crippen LogP contribution is 2.36. The molecule has 1 aromatic carbocycles. The van der Waals surface area contributed by atoms with E-state index in [1.54, 1.807) is 13.2 Å². The summed E-state index contributed by atoms with van der Waals surface area (Å²) < 4.78 is 10.5. The van der Waals surface area contributed by atoms with E-state index >= 15 is 0 Å².